The molecule has 2 rings (SSSR count). The number of benzene rings is 2. The van der Waals surface area contributed by atoms with E-state index in [9.17, 15) is 9.59 Å². The highest BCUT2D eigenvalue weighted by atomic mass is 35.5. The Hall–Kier alpha value is -1.98. The number of hydrogen-bond acceptors (Lipinski definition) is 3. The maximum atomic E-state index is 13.0. The highest BCUT2D eigenvalue weighted by Crippen LogP contribution is 2.20. The summed E-state index contributed by atoms with van der Waals surface area (Å²) in [6.45, 7) is 6.73. The van der Waals surface area contributed by atoms with Crippen LogP contribution in [0.4, 0.5) is 0 Å². The van der Waals surface area contributed by atoms with Crippen LogP contribution in [0.2, 0.25) is 5.02 Å². The Morgan fingerprint density at radius 2 is 1.93 bits per heavy atom. The number of nitrogens with zero attached hydrogens (tertiary/aromatic N) is 1. The van der Waals surface area contributed by atoms with Crippen molar-refractivity contribution >= 4 is 35.2 Å². The maximum Gasteiger partial charge on any atom is 0.242 e. The normalized spacial score (nSPS) is 11.7. The summed E-state index contributed by atoms with van der Waals surface area (Å²) in [6, 6.07) is 15.1. The predicted molar refractivity (Wildman–Crippen MR) is 122 cm³/mol. The molecule has 0 heterocycles. The van der Waals surface area contributed by atoms with Crippen molar-refractivity contribution in [1.82, 2.24) is 10.2 Å². The lowest BCUT2D eigenvalue weighted by Crippen LogP contribution is -2.48. The summed E-state index contributed by atoms with van der Waals surface area (Å²) in [6.07, 6.45) is 0.850. The van der Waals surface area contributed by atoms with Crippen molar-refractivity contribution in [3.05, 3.63) is 70.2 Å². The molecule has 0 aliphatic rings. The third kappa shape index (κ3) is 7.41. The fourth-order valence-corrected chi connectivity index (χ4v) is 3.98. The Morgan fingerprint density at radius 1 is 1.17 bits per heavy atom. The van der Waals surface area contributed by atoms with Gasteiger partial charge in [0, 0.05) is 23.9 Å². The molecule has 6 heteroatoms. The molecule has 0 aliphatic carbocycles. The number of nitrogens with one attached hydrogen (secondary N) is 1. The second kappa shape index (κ2) is 11.9. The number of halogens is 1. The molecule has 2 aromatic rings. The maximum absolute atomic E-state index is 13.0. The van der Waals surface area contributed by atoms with E-state index < -0.39 is 6.04 Å². The van der Waals surface area contributed by atoms with E-state index >= 15 is 0 Å². The molecule has 2 aromatic carbocycles. The Kier molecular flexibility index (Phi) is 9.55. The lowest BCUT2D eigenvalue weighted by molar-refractivity contribution is -0.138. The Morgan fingerprint density at radius 3 is 2.62 bits per heavy atom. The summed E-state index contributed by atoms with van der Waals surface area (Å²) < 4.78 is 0. The quantitative estimate of drug-likeness (QED) is 0.585. The lowest BCUT2D eigenvalue weighted by Gasteiger charge is -2.29. The van der Waals surface area contributed by atoms with Gasteiger partial charge in [0.15, 0.2) is 0 Å². The molecule has 0 unspecified atom stereocenters. The van der Waals surface area contributed by atoms with Crippen LogP contribution in [-0.4, -0.2) is 35.1 Å². The van der Waals surface area contributed by atoms with Crippen molar-refractivity contribution in [1.29, 1.82) is 0 Å². The minimum absolute atomic E-state index is 0.0679. The van der Waals surface area contributed by atoms with E-state index in [0.29, 0.717) is 23.9 Å². The molecule has 0 spiro atoms. The van der Waals surface area contributed by atoms with Crippen molar-refractivity contribution in [2.24, 2.45) is 0 Å². The van der Waals surface area contributed by atoms with Gasteiger partial charge >= 0.3 is 0 Å². The number of amides is 2. The van der Waals surface area contributed by atoms with Gasteiger partial charge in [0.05, 0.1) is 5.75 Å². The van der Waals surface area contributed by atoms with Gasteiger partial charge in [-0.1, -0.05) is 66.6 Å². The molecule has 0 fully saturated rings. The molecule has 2 amide bonds. The third-order valence-electron chi connectivity index (χ3n) is 4.59. The van der Waals surface area contributed by atoms with Gasteiger partial charge in [-0.3, -0.25) is 9.59 Å². The molecule has 0 saturated carbocycles. The molecule has 1 N–H and O–H groups in total. The van der Waals surface area contributed by atoms with Crippen LogP contribution in [-0.2, 0) is 21.9 Å². The number of rotatable bonds is 10. The van der Waals surface area contributed by atoms with Gasteiger partial charge in [0.25, 0.3) is 0 Å². The van der Waals surface area contributed by atoms with Crippen LogP contribution in [0.3, 0.4) is 0 Å². The third-order valence-corrected chi connectivity index (χ3v) is 5.95. The first-order chi connectivity index (χ1) is 13.9. The number of carbonyl (C=O) groups excluding carboxylic acids is 2. The van der Waals surface area contributed by atoms with E-state index in [1.54, 1.807) is 29.7 Å². The minimum Gasteiger partial charge on any atom is -0.354 e. The molecule has 4 nitrogen and oxygen atoms in total. The number of aryl methyl sites for hydroxylation is 1. The van der Waals surface area contributed by atoms with Gasteiger partial charge in [-0.2, -0.15) is 0 Å². The molecule has 0 bridgehead atoms. The smallest absolute Gasteiger partial charge is 0.242 e. The van der Waals surface area contributed by atoms with E-state index in [1.807, 2.05) is 31.2 Å². The van der Waals surface area contributed by atoms with E-state index in [-0.39, 0.29) is 11.8 Å². The molecule has 156 valence electrons. The zero-order chi connectivity index (χ0) is 21.2. The first-order valence-electron chi connectivity index (χ1n) is 9.86. The molecule has 0 saturated heterocycles. The summed E-state index contributed by atoms with van der Waals surface area (Å²) in [7, 11) is 0. The van der Waals surface area contributed by atoms with E-state index in [0.717, 1.165) is 17.7 Å². The van der Waals surface area contributed by atoms with Crippen molar-refractivity contribution in [3.63, 3.8) is 0 Å². The van der Waals surface area contributed by atoms with Gasteiger partial charge in [-0.05, 0) is 37.5 Å². The number of thioether (sulfide) groups is 1. The van der Waals surface area contributed by atoms with E-state index in [1.165, 1.54) is 11.1 Å². The zero-order valence-corrected chi connectivity index (χ0v) is 18.9. The number of hydrogen-bond donors (Lipinski definition) is 1. The molecule has 1 atom stereocenters. The van der Waals surface area contributed by atoms with Gasteiger partial charge < -0.3 is 10.2 Å². The van der Waals surface area contributed by atoms with Crippen LogP contribution in [0.5, 0.6) is 0 Å². The Bertz CT molecular complexity index is 828. The Balaban J connectivity index is 2.07. The van der Waals surface area contributed by atoms with Gasteiger partial charge in [0.1, 0.15) is 6.04 Å². The standard InChI is InChI=1S/C23H29ClN2O2S/c1-4-12-25-23(28)18(3)26(14-20-10-5-6-11-21(20)24)22(27)16-29-15-19-9-7-8-17(2)13-19/h5-11,13,18H,4,12,14-16H2,1-3H3,(H,25,28)/t18-/m0/s1. The Labute approximate surface area is 183 Å². The first-order valence-corrected chi connectivity index (χ1v) is 11.4. The average molecular weight is 433 g/mol. The summed E-state index contributed by atoms with van der Waals surface area (Å²) in [5.41, 5.74) is 3.23. The monoisotopic (exact) mass is 432 g/mol. The lowest BCUT2D eigenvalue weighted by atomic mass is 10.1. The largest absolute Gasteiger partial charge is 0.354 e. The van der Waals surface area contributed by atoms with E-state index in [2.05, 4.69) is 30.4 Å². The summed E-state index contributed by atoms with van der Waals surface area (Å²) in [4.78, 5) is 27.1. The van der Waals surface area contributed by atoms with Crippen LogP contribution in [0.15, 0.2) is 48.5 Å². The fourth-order valence-electron chi connectivity index (χ4n) is 2.93. The van der Waals surface area contributed by atoms with Crippen LogP contribution in [0, 0.1) is 6.92 Å². The highest BCUT2D eigenvalue weighted by molar-refractivity contribution is 7.99. The van der Waals surface area contributed by atoms with Crippen molar-refractivity contribution in [2.45, 2.75) is 45.5 Å². The average Bonchev–Trinajstić information content (AvgIpc) is 2.71. The van der Waals surface area contributed by atoms with E-state index in [4.69, 9.17) is 11.6 Å². The first kappa shape index (κ1) is 23.3. The van der Waals surface area contributed by atoms with Crippen molar-refractivity contribution in [3.8, 4) is 0 Å². The van der Waals surface area contributed by atoms with Gasteiger partial charge in [-0.25, -0.2) is 0 Å². The van der Waals surface area contributed by atoms with Gasteiger partial charge in [0.2, 0.25) is 11.8 Å². The predicted octanol–water partition coefficient (Wildman–Crippen LogP) is 4.83. The van der Waals surface area contributed by atoms with Crippen LogP contribution < -0.4 is 5.32 Å². The second-order valence-corrected chi connectivity index (χ2v) is 8.45. The minimum atomic E-state index is -0.565. The van der Waals surface area contributed by atoms with Crippen LogP contribution in [0.25, 0.3) is 0 Å². The summed E-state index contributed by atoms with van der Waals surface area (Å²) in [5.74, 6) is 0.853. The number of carbonyl (C=O) groups is 2. The zero-order valence-electron chi connectivity index (χ0n) is 17.3. The summed E-state index contributed by atoms with van der Waals surface area (Å²) in [5, 5.41) is 3.48. The second-order valence-electron chi connectivity index (χ2n) is 7.06. The van der Waals surface area contributed by atoms with Crippen LogP contribution >= 0.6 is 23.4 Å². The fraction of sp³-hybridized carbons (Fsp3) is 0.391. The molecular weight excluding hydrogens is 404 g/mol. The van der Waals surface area contributed by atoms with Crippen LogP contribution in [0.1, 0.15) is 37.0 Å². The van der Waals surface area contributed by atoms with Gasteiger partial charge in [-0.15, -0.1) is 11.8 Å². The molecular formula is C23H29ClN2O2S. The molecule has 0 aromatic heterocycles. The SMILES string of the molecule is CCCNC(=O)[C@H](C)N(Cc1ccccc1Cl)C(=O)CSCc1cccc(C)c1. The molecule has 29 heavy (non-hydrogen) atoms. The van der Waals surface area contributed by atoms with Crippen molar-refractivity contribution in [2.75, 3.05) is 12.3 Å². The molecule has 0 radical (unpaired) electrons. The summed E-state index contributed by atoms with van der Waals surface area (Å²) >= 11 is 7.85. The topological polar surface area (TPSA) is 49.4 Å². The molecule has 0 aliphatic heterocycles. The highest BCUT2D eigenvalue weighted by Gasteiger charge is 2.26. The van der Waals surface area contributed by atoms with Crippen molar-refractivity contribution < 1.29 is 9.59 Å².